The average Bonchev–Trinajstić information content (AvgIpc) is 2.74. The van der Waals surface area contributed by atoms with E-state index in [9.17, 15) is 14.7 Å². The summed E-state index contributed by atoms with van der Waals surface area (Å²) in [7, 11) is 0. The van der Waals surface area contributed by atoms with Crippen molar-refractivity contribution in [3.05, 3.63) is 66.0 Å². The lowest BCUT2D eigenvalue weighted by molar-refractivity contribution is -0.175. The molecule has 1 aromatic heterocycles. The lowest BCUT2D eigenvalue weighted by Crippen LogP contribution is -2.57. The van der Waals surface area contributed by atoms with Crippen LogP contribution in [-0.4, -0.2) is 47.3 Å². The normalized spacial score (nSPS) is 21.7. The van der Waals surface area contributed by atoms with E-state index in [0.717, 1.165) is 5.56 Å². The fourth-order valence-corrected chi connectivity index (χ4v) is 3.83. The molecule has 2 unspecified atom stereocenters. The Balaban J connectivity index is 1.72. The van der Waals surface area contributed by atoms with E-state index in [-0.39, 0.29) is 19.6 Å². The van der Waals surface area contributed by atoms with Crippen LogP contribution in [-0.2, 0) is 31.1 Å². The quantitative estimate of drug-likeness (QED) is 0.643. The van der Waals surface area contributed by atoms with Crippen molar-refractivity contribution in [1.82, 2.24) is 10.3 Å². The number of pyridine rings is 1. The number of carboxylic acids is 1. The van der Waals surface area contributed by atoms with Crippen molar-refractivity contribution >= 4 is 11.9 Å². The molecule has 7 nitrogen and oxygen atoms in total. The fourth-order valence-electron chi connectivity index (χ4n) is 3.83. The molecule has 160 valence electrons. The topological polar surface area (TPSA) is 97.8 Å². The van der Waals surface area contributed by atoms with Gasteiger partial charge in [0, 0.05) is 12.7 Å². The number of nitrogens with zero attached hydrogens (tertiary/aromatic N) is 1. The molecule has 30 heavy (non-hydrogen) atoms. The van der Waals surface area contributed by atoms with Crippen molar-refractivity contribution in [2.75, 3.05) is 19.7 Å². The number of carboxylic acid groups (broad SMARTS) is 1. The van der Waals surface area contributed by atoms with Gasteiger partial charge in [-0.25, -0.2) is 0 Å². The molecule has 2 heterocycles. The smallest absolute Gasteiger partial charge is 0.316 e. The van der Waals surface area contributed by atoms with Crippen LogP contribution in [0.3, 0.4) is 0 Å². The molecule has 0 radical (unpaired) electrons. The van der Waals surface area contributed by atoms with Gasteiger partial charge in [0.15, 0.2) is 0 Å². The van der Waals surface area contributed by atoms with Gasteiger partial charge in [-0.15, -0.1) is 0 Å². The number of piperidine rings is 1. The van der Waals surface area contributed by atoms with E-state index in [0.29, 0.717) is 18.8 Å². The van der Waals surface area contributed by atoms with E-state index < -0.39 is 28.9 Å². The van der Waals surface area contributed by atoms with E-state index in [4.69, 9.17) is 9.47 Å². The van der Waals surface area contributed by atoms with E-state index >= 15 is 0 Å². The van der Waals surface area contributed by atoms with Crippen molar-refractivity contribution in [3.8, 4) is 0 Å². The third-order valence-electron chi connectivity index (χ3n) is 5.37. The number of aliphatic carboxylic acids is 1. The average molecular weight is 412 g/mol. The van der Waals surface area contributed by atoms with Gasteiger partial charge in [0.05, 0.1) is 24.8 Å². The van der Waals surface area contributed by atoms with Crippen LogP contribution in [0.15, 0.2) is 54.7 Å². The number of esters is 1. The maximum Gasteiger partial charge on any atom is 0.316 e. The highest BCUT2D eigenvalue weighted by molar-refractivity contribution is 5.89. The van der Waals surface area contributed by atoms with Crippen LogP contribution in [0.25, 0.3) is 0 Å². The minimum Gasteiger partial charge on any atom is -0.481 e. The van der Waals surface area contributed by atoms with Crippen molar-refractivity contribution < 1.29 is 24.2 Å². The van der Waals surface area contributed by atoms with Crippen molar-refractivity contribution in [2.24, 2.45) is 5.92 Å². The lowest BCUT2D eigenvalue weighted by Gasteiger charge is -2.40. The van der Waals surface area contributed by atoms with Crippen LogP contribution in [0, 0.1) is 5.92 Å². The summed E-state index contributed by atoms with van der Waals surface area (Å²) in [6.07, 6.45) is 1.80. The van der Waals surface area contributed by atoms with Crippen LogP contribution >= 0.6 is 0 Å². The largest absolute Gasteiger partial charge is 0.481 e. The first-order valence-electron chi connectivity index (χ1n) is 10.1. The third kappa shape index (κ3) is 4.86. The Labute approximate surface area is 176 Å². The molecule has 2 aromatic rings. The maximum atomic E-state index is 13.1. The van der Waals surface area contributed by atoms with Crippen molar-refractivity contribution in [1.29, 1.82) is 0 Å². The molecule has 3 rings (SSSR count). The van der Waals surface area contributed by atoms with Gasteiger partial charge in [0.1, 0.15) is 11.0 Å². The molecule has 2 atom stereocenters. The first-order valence-corrected chi connectivity index (χ1v) is 10.1. The number of nitrogens with one attached hydrogen (secondary N) is 1. The summed E-state index contributed by atoms with van der Waals surface area (Å²) in [4.78, 5) is 29.8. The summed E-state index contributed by atoms with van der Waals surface area (Å²) >= 11 is 0. The molecule has 7 heteroatoms. The molecule has 0 saturated carbocycles. The molecule has 0 amide bonds. The van der Waals surface area contributed by atoms with Crippen LogP contribution in [0.2, 0.25) is 0 Å². The van der Waals surface area contributed by atoms with Crippen LogP contribution in [0.5, 0.6) is 0 Å². The molecule has 0 aliphatic carbocycles. The van der Waals surface area contributed by atoms with Gasteiger partial charge in [-0.05, 0) is 44.5 Å². The first kappa shape index (κ1) is 21.9. The molecule has 1 aliphatic rings. The van der Waals surface area contributed by atoms with Gasteiger partial charge in [-0.1, -0.05) is 36.4 Å². The van der Waals surface area contributed by atoms with Crippen molar-refractivity contribution in [2.45, 2.75) is 37.9 Å². The number of ether oxygens (including phenoxy) is 2. The maximum absolute atomic E-state index is 13.1. The Kier molecular flexibility index (Phi) is 6.84. The minimum absolute atomic E-state index is 0.192. The standard InChI is InChI=1S/C23H28N2O5/c1-22(2,16-29-15-17-8-4-3-5-9-17)30-20(26)18-14-24-13-11-23(18,21(27)28)19-10-6-7-12-25-19/h3-10,12,18,24H,11,13-16H2,1-2H3,(H,27,28). The summed E-state index contributed by atoms with van der Waals surface area (Å²) in [5, 5.41) is 13.2. The summed E-state index contributed by atoms with van der Waals surface area (Å²) in [6, 6.07) is 14.8. The zero-order valence-corrected chi connectivity index (χ0v) is 17.3. The lowest BCUT2D eigenvalue weighted by atomic mass is 9.68. The van der Waals surface area contributed by atoms with Gasteiger partial charge >= 0.3 is 11.9 Å². The van der Waals surface area contributed by atoms with Crippen LogP contribution in [0.1, 0.15) is 31.5 Å². The Morgan fingerprint density at radius 2 is 1.93 bits per heavy atom. The van der Waals surface area contributed by atoms with Crippen LogP contribution < -0.4 is 5.32 Å². The molecule has 0 spiro atoms. The number of hydrogen-bond acceptors (Lipinski definition) is 6. The zero-order valence-electron chi connectivity index (χ0n) is 17.3. The predicted octanol–water partition coefficient (Wildman–Crippen LogP) is 2.55. The molecule has 1 saturated heterocycles. The Morgan fingerprint density at radius 3 is 2.60 bits per heavy atom. The molecule has 1 aliphatic heterocycles. The molecule has 2 N–H and O–H groups in total. The molecule has 1 aromatic carbocycles. The Hall–Kier alpha value is -2.77. The number of benzene rings is 1. The van der Waals surface area contributed by atoms with Gasteiger partial charge < -0.3 is 19.9 Å². The second kappa shape index (κ2) is 9.36. The monoisotopic (exact) mass is 412 g/mol. The highest BCUT2D eigenvalue weighted by atomic mass is 16.6. The third-order valence-corrected chi connectivity index (χ3v) is 5.37. The van der Waals surface area contributed by atoms with Gasteiger partial charge in [0.2, 0.25) is 0 Å². The Morgan fingerprint density at radius 1 is 1.20 bits per heavy atom. The summed E-state index contributed by atoms with van der Waals surface area (Å²) in [5.74, 6) is -2.53. The zero-order chi connectivity index (χ0) is 21.6. The SMILES string of the molecule is CC(C)(COCc1ccccc1)OC(=O)C1CNCCC1(C(=O)O)c1ccccn1. The van der Waals surface area contributed by atoms with Gasteiger partial charge in [0.25, 0.3) is 0 Å². The summed E-state index contributed by atoms with van der Waals surface area (Å²) in [6.45, 7) is 4.81. The number of aromatic nitrogens is 1. The molecule has 0 bridgehead atoms. The summed E-state index contributed by atoms with van der Waals surface area (Å²) in [5.41, 5.74) is -0.933. The number of carbonyl (C=O) groups excluding carboxylic acids is 1. The molecular formula is C23H28N2O5. The highest BCUT2D eigenvalue weighted by Crippen LogP contribution is 2.38. The fraction of sp³-hybridized carbons (Fsp3) is 0.435. The minimum atomic E-state index is -1.43. The summed E-state index contributed by atoms with van der Waals surface area (Å²) < 4.78 is 11.5. The first-order chi connectivity index (χ1) is 14.3. The van der Waals surface area contributed by atoms with Gasteiger partial charge in [-0.2, -0.15) is 0 Å². The van der Waals surface area contributed by atoms with E-state index in [1.807, 2.05) is 30.3 Å². The Bertz CT molecular complexity index is 856. The van der Waals surface area contributed by atoms with E-state index in [2.05, 4.69) is 10.3 Å². The number of hydrogen-bond donors (Lipinski definition) is 2. The van der Waals surface area contributed by atoms with Crippen LogP contribution in [0.4, 0.5) is 0 Å². The van der Waals surface area contributed by atoms with E-state index in [1.165, 1.54) is 0 Å². The van der Waals surface area contributed by atoms with Crippen molar-refractivity contribution in [3.63, 3.8) is 0 Å². The molecule has 1 fully saturated rings. The molecular weight excluding hydrogens is 384 g/mol. The van der Waals surface area contributed by atoms with E-state index in [1.54, 1.807) is 38.2 Å². The van der Waals surface area contributed by atoms with Gasteiger partial charge in [-0.3, -0.25) is 14.6 Å². The number of rotatable bonds is 8. The second-order valence-corrected chi connectivity index (χ2v) is 8.16. The number of carbonyl (C=O) groups is 2. The second-order valence-electron chi connectivity index (χ2n) is 8.16. The predicted molar refractivity (Wildman–Crippen MR) is 111 cm³/mol. The highest BCUT2D eigenvalue weighted by Gasteiger charge is 2.54.